The number of amides is 1. The number of carbonyl (C=O) groups excluding carboxylic acids is 1. The molecule has 5 heteroatoms. The first kappa shape index (κ1) is 11.3. The lowest BCUT2D eigenvalue weighted by atomic mass is 9.95. The van der Waals surface area contributed by atoms with Crippen molar-refractivity contribution in [1.29, 1.82) is 0 Å². The summed E-state index contributed by atoms with van der Waals surface area (Å²) < 4.78 is 13.5. The second-order valence-electron chi connectivity index (χ2n) is 3.68. The van der Waals surface area contributed by atoms with Gasteiger partial charge in [0.1, 0.15) is 13.7 Å². The van der Waals surface area contributed by atoms with Gasteiger partial charge in [-0.1, -0.05) is 11.5 Å². The molecule has 0 radical (unpaired) electrons. The Labute approximate surface area is 99.1 Å². The monoisotopic (exact) mass is 228 g/mol. The van der Waals surface area contributed by atoms with Crippen molar-refractivity contribution in [3.63, 3.8) is 0 Å². The molecule has 0 fully saturated rings. The first-order valence-electron chi connectivity index (χ1n) is 5.14. The second-order valence-corrected chi connectivity index (χ2v) is 3.68. The molecule has 1 aromatic heterocycles. The molecule has 1 heterocycles. The maximum Gasteiger partial charge on any atom is 0.258 e. The highest BCUT2D eigenvalue weighted by Gasteiger charge is 2.11. The third kappa shape index (κ3) is 2.69. The smallest absolute Gasteiger partial charge is 0.258 e. The Balaban J connectivity index is 2.21. The average Bonchev–Trinajstić information content (AvgIpc) is 2.30. The number of aromatic nitrogens is 1. The van der Waals surface area contributed by atoms with Gasteiger partial charge in [0.2, 0.25) is 0 Å². The topological polar surface area (TPSA) is 42.0 Å². The Morgan fingerprint density at radius 3 is 2.82 bits per heavy atom. The van der Waals surface area contributed by atoms with Crippen molar-refractivity contribution in [2.45, 2.75) is 0 Å². The molecule has 1 amide bonds. The van der Waals surface area contributed by atoms with Gasteiger partial charge in [-0.3, -0.25) is 9.78 Å². The van der Waals surface area contributed by atoms with Crippen molar-refractivity contribution >= 4 is 24.9 Å². The van der Waals surface area contributed by atoms with Gasteiger partial charge in [0.25, 0.3) is 5.91 Å². The van der Waals surface area contributed by atoms with E-state index in [-0.39, 0.29) is 5.56 Å². The van der Waals surface area contributed by atoms with Gasteiger partial charge in [-0.2, -0.15) is 0 Å². The van der Waals surface area contributed by atoms with Gasteiger partial charge < -0.3 is 5.32 Å². The summed E-state index contributed by atoms with van der Waals surface area (Å²) in [6.45, 7) is 0. The fraction of sp³-hybridized carbons (Fsp3) is 0. The first-order chi connectivity index (χ1) is 8.16. The van der Waals surface area contributed by atoms with Crippen LogP contribution in [0.2, 0.25) is 0 Å². The van der Waals surface area contributed by atoms with Gasteiger partial charge >= 0.3 is 0 Å². The summed E-state index contributed by atoms with van der Waals surface area (Å²) >= 11 is 0. The number of rotatable bonds is 2. The van der Waals surface area contributed by atoms with E-state index >= 15 is 0 Å². The summed E-state index contributed by atoms with van der Waals surface area (Å²) in [5.74, 6) is -0.998. The van der Waals surface area contributed by atoms with Crippen molar-refractivity contribution < 1.29 is 9.18 Å². The normalized spacial score (nSPS) is 9.94. The molecule has 2 aromatic rings. The summed E-state index contributed by atoms with van der Waals surface area (Å²) in [5, 5.41) is 2.58. The maximum absolute atomic E-state index is 13.5. The Kier molecular flexibility index (Phi) is 3.18. The van der Waals surface area contributed by atoms with Crippen LogP contribution in [0.25, 0.3) is 0 Å². The molecule has 0 atom stereocenters. The standard InChI is InChI=1S/C12H10BFN2O/c13-8-3-4-10(11(14)6-8)12(17)16-9-2-1-5-15-7-9/h1-7H,13H2,(H,16,17). The zero-order chi connectivity index (χ0) is 12.3. The molecule has 0 saturated carbocycles. The Morgan fingerprint density at radius 1 is 1.35 bits per heavy atom. The first-order valence-corrected chi connectivity index (χ1v) is 5.14. The molecule has 0 saturated heterocycles. The SMILES string of the molecule is Bc1ccc(C(=O)Nc2cccnc2)c(F)c1. The highest BCUT2D eigenvalue weighted by Crippen LogP contribution is 2.09. The van der Waals surface area contributed by atoms with Crippen molar-refractivity contribution in [2.75, 3.05) is 5.32 Å². The number of pyridine rings is 1. The van der Waals surface area contributed by atoms with Crippen LogP contribution in [0.5, 0.6) is 0 Å². The zero-order valence-electron chi connectivity index (χ0n) is 9.27. The molecule has 17 heavy (non-hydrogen) atoms. The molecule has 1 N–H and O–H groups in total. The fourth-order valence-corrected chi connectivity index (χ4v) is 1.44. The lowest BCUT2D eigenvalue weighted by molar-refractivity contribution is 0.102. The quantitative estimate of drug-likeness (QED) is 0.770. The number of carbonyl (C=O) groups is 1. The van der Waals surface area contributed by atoms with Gasteiger partial charge in [-0.25, -0.2) is 4.39 Å². The number of halogens is 1. The molecule has 0 aliphatic rings. The fourth-order valence-electron chi connectivity index (χ4n) is 1.44. The number of nitrogens with zero attached hydrogens (tertiary/aromatic N) is 1. The van der Waals surface area contributed by atoms with E-state index in [4.69, 9.17) is 0 Å². The van der Waals surface area contributed by atoms with E-state index in [1.807, 2.05) is 0 Å². The van der Waals surface area contributed by atoms with Crippen LogP contribution >= 0.6 is 0 Å². The van der Waals surface area contributed by atoms with E-state index in [9.17, 15) is 9.18 Å². The van der Waals surface area contributed by atoms with Crippen LogP contribution in [0.4, 0.5) is 10.1 Å². The van der Waals surface area contributed by atoms with Crippen molar-refractivity contribution in [3.05, 3.63) is 54.1 Å². The van der Waals surface area contributed by atoms with Gasteiger partial charge in [0.05, 0.1) is 17.4 Å². The Morgan fingerprint density at radius 2 is 2.18 bits per heavy atom. The van der Waals surface area contributed by atoms with E-state index in [0.29, 0.717) is 5.69 Å². The van der Waals surface area contributed by atoms with E-state index in [1.54, 1.807) is 32.2 Å². The third-order valence-corrected chi connectivity index (χ3v) is 2.29. The summed E-state index contributed by atoms with van der Waals surface area (Å²) in [6.07, 6.45) is 3.10. The minimum Gasteiger partial charge on any atom is -0.320 e. The molecule has 0 spiro atoms. The van der Waals surface area contributed by atoms with Gasteiger partial charge in [-0.15, -0.1) is 0 Å². The number of anilines is 1. The van der Waals surface area contributed by atoms with Gasteiger partial charge in [0.15, 0.2) is 0 Å². The summed E-state index contributed by atoms with van der Waals surface area (Å²) in [4.78, 5) is 15.6. The molecule has 0 bridgehead atoms. The average molecular weight is 228 g/mol. The number of hydrogen-bond donors (Lipinski definition) is 1. The minimum absolute atomic E-state index is 0.0273. The number of nitrogens with one attached hydrogen (secondary N) is 1. The minimum atomic E-state index is -0.522. The largest absolute Gasteiger partial charge is 0.320 e. The van der Waals surface area contributed by atoms with E-state index < -0.39 is 11.7 Å². The maximum atomic E-state index is 13.5. The van der Waals surface area contributed by atoms with Gasteiger partial charge in [-0.05, 0) is 24.3 Å². The lowest BCUT2D eigenvalue weighted by Crippen LogP contribution is -2.16. The van der Waals surface area contributed by atoms with Crippen LogP contribution < -0.4 is 10.8 Å². The number of benzene rings is 1. The molecule has 84 valence electrons. The summed E-state index contributed by atoms with van der Waals surface area (Å²) in [5.41, 5.74) is 1.34. The highest BCUT2D eigenvalue weighted by atomic mass is 19.1. The predicted molar refractivity (Wildman–Crippen MR) is 66.8 cm³/mol. The van der Waals surface area contributed by atoms with E-state index in [1.165, 1.54) is 18.3 Å². The van der Waals surface area contributed by atoms with Crippen LogP contribution in [-0.2, 0) is 0 Å². The molecule has 0 aliphatic carbocycles. The van der Waals surface area contributed by atoms with Crippen LogP contribution in [0.3, 0.4) is 0 Å². The second kappa shape index (κ2) is 4.78. The Bertz CT molecular complexity index is 545. The molecule has 3 nitrogen and oxygen atoms in total. The van der Waals surface area contributed by atoms with Crippen LogP contribution in [0.1, 0.15) is 10.4 Å². The van der Waals surface area contributed by atoms with Crippen molar-refractivity contribution in [1.82, 2.24) is 4.98 Å². The van der Waals surface area contributed by atoms with Crippen LogP contribution in [0.15, 0.2) is 42.7 Å². The third-order valence-electron chi connectivity index (χ3n) is 2.29. The summed E-state index contributed by atoms with van der Waals surface area (Å²) in [6, 6.07) is 7.88. The van der Waals surface area contributed by atoms with E-state index in [0.717, 1.165) is 5.46 Å². The van der Waals surface area contributed by atoms with Crippen molar-refractivity contribution in [3.8, 4) is 0 Å². The molecule has 2 rings (SSSR count). The molecule has 0 unspecified atom stereocenters. The molecule has 1 aromatic carbocycles. The van der Waals surface area contributed by atoms with Crippen molar-refractivity contribution in [2.24, 2.45) is 0 Å². The number of hydrogen-bond acceptors (Lipinski definition) is 2. The van der Waals surface area contributed by atoms with E-state index in [2.05, 4.69) is 10.3 Å². The zero-order valence-corrected chi connectivity index (χ0v) is 9.27. The lowest BCUT2D eigenvalue weighted by Gasteiger charge is -2.06. The molecular formula is C12H10BFN2O. The molecular weight excluding hydrogens is 218 g/mol. The van der Waals surface area contributed by atoms with Crippen LogP contribution in [-0.4, -0.2) is 18.7 Å². The highest BCUT2D eigenvalue weighted by molar-refractivity contribution is 6.32. The van der Waals surface area contributed by atoms with Crippen LogP contribution in [0, 0.1) is 5.82 Å². The van der Waals surface area contributed by atoms with Gasteiger partial charge in [0, 0.05) is 6.20 Å². The molecule has 0 aliphatic heterocycles. The predicted octanol–water partition coefficient (Wildman–Crippen LogP) is 0.731. The Hall–Kier alpha value is -2.17. The summed E-state index contributed by atoms with van der Waals surface area (Å²) in [7, 11) is 1.77.